The Morgan fingerprint density at radius 2 is 1.81 bits per heavy atom. The van der Waals surface area contributed by atoms with E-state index < -0.39 is 22.6 Å². The Morgan fingerprint density at radius 1 is 1.09 bits per heavy atom. The number of thioether (sulfide) groups is 1. The lowest BCUT2D eigenvalue weighted by Gasteiger charge is -2.41. The van der Waals surface area contributed by atoms with E-state index in [1.54, 1.807) is 38.6 Å². The van der Waals surface area contributed by atoms with Crippen LogP contribution in [0.2, 0.25) is 0 Å². The van der Waals surface area contributed by atoms with Crippen LogP contribution in [0.25, 0.3) is 0 Å². The first-order valence-electron chi connectivity index (χ1n) is 15.2. The summed E-state index contributed by atoms with van der Waals surface area (Å²) in [6, 6.07) is 15.1. The number of hydrogen-bond donors (Lipinski definition) is 1. The number of likely N-dealkylation sites (tertiary alicyclic amines) is 1. The third-order valence-electron chi connectivity index (χ3n) is 9.43. The molecule has 3 saturated heterocycles. The van der Waals surface area contributed by atoms with E-state index >= 15 is 0 Å². The molecule has 3 fully saturated rings. The number of hydrogen-bond acceptors (Lipinski definition) is 5. The number of amides is 3. The predicted molar refractivity (Wildman–Crippen MR) is 173 cm³/mol. The van der Waals surface area contributed by atoms with Gasteiger partial charge in [0, 0.05) is 43.7 Å². The van der Waals surface area contributed by atoms with Crippen LogP contribution < -0.4 is 4.90 Å². The van der Waals surface area contributed by atoms with Crippen molar-refractivity contribution in [2.45, 2.75) is 56.2 Å². The highest BCUT2D eigenvalue weighted by Gasteiger charge is 2.76. The quantitative estimate of drug-likeness (QED) is 0.355. The van der Waals surface area contributed by atoms with Crippen molar-refractivity contribution in [2.24, 2.45) is 17.8 Å². The minimum absolute atomic E-state index is 0.0524. The summed E-state index contributed by atoms with van der Waals surface area (Å²) in [5, 5.41) is 9.70. The number of nitrogens with zero attached hydrogens (tertiary/aromatic N) is 3. The van der Waals surface area contributed by atoms with Gasteiger partial charge in [0.2, 0.25) is 11.8 Å². The van der Waals surface area contributed by atoms with Gasteiger partial charge in [0.25, 0.3) is 5.91 Å². The highest BCUT2D eigenvalue weighted by Crippen LogP contribution is 2.69. The molecule has 0 saturated carbocycles. The summed E-state index contributed by atoms with van der Waals surface area (Å²) in [5.41, 5.74) is 3.82. The zero-order valence-corrected chi connectivity index (χ0v) is 26.3. The Morgan fingerprint density at radius 3 is 2.49 bits per heavy atom. The molecule has 43 heavy (non-hydrogen) atoms. The molecule has 2 aromatic rings. The normalized spacial score (nSPS) is 27.2. The molecule has 1 spiro atoms. The summed E-state index contributed by atoms with van der Waals surface area (Å²) in [5.74, 6) is -1.44. The largest absolute Gasteiger partial charge is 0.396 e. The number of aryl methyl sites for hydroxylation is 2. The molecule has 3 amide bonds. The zero-order chi connectivity index (χ0) is 30.9. The van der Waals surface area contributed by atoms with Gasteiger partial charge in [-0.2, -0.15) is 0 Å². The van der Waals surface area contributed by atoms with Gasteiger partial charge in [-0.25, -0.2) is 0 Å². The van der Waals surface area contributed by atoms with Crippen molar-refractivity contribution in [2.75, 3.05) is 31.1 Å². The van der Waals surface area contributed by atoms with Gasteiger partial charge >= 0.3 is 0 Å². The summed E-state index contributed by atoms with van der Waals surface area (Å²) in [6.45, 7) is 15.2. The lowest BCUT2D eigenvalue weighted by Crippen LogP contribution is -2.57. The van der Waals surface area contributed by atoms with Crippen LogP contribution in [0.15, 0.2) is 73.8 Å². The zero-order valence-electron chi connectivity index (χ0n) is 25.4. The Hall–Kier alpha value is -3.36. The van der Waals surface area contributed by atoms with Crippen molar-refractivity contribution in [3.63, 3.8) is 0 Å². The number of anilines is 1. The first-order chi connectivity index (χ1) is 20.7. The van der Waals surface area contributed by atoms with Crippen molar-refractivity contribution < 1.29 is 19.5 Å². The summed E-state index contributed by atoms with van der Waals surface area (Å²) in [6.07, 6.45) is 4.57. The van der Waals surface area contributed by atoms with Crippen molar-refractivity contribution in [1.29, 1.82) is 0 Å². The smallest absolute Gasteiger partial charge is 0.251 e. The van der Waals surface area contributed by atoms with E-state index in [0.717, 1.165) is 28.8 Å². The van der Waals surface area contributed by atoms with Crippen molar-refractivity contribution in [3.05, 3.63) is 90.5 Å². The molecule has 0 radical (unpaired) electrons. The summed E-state index contributed by atoms with van der Waals surface area (Å²) in [4.78, 5) is 49.0. The maximum Gasteiger partial charge on any atom is 0.251 e. The minimum Gasteiger partial charge on any atom is -0.396 e. The fourth-order valence-corrected chi connectivity index (χ4v) is 9.97. The van der Waals surface area contributed by atoms with Crippen LogP contribution in [0.5, 0.6) is 0 Å². The standard InChI is InChI=1S/C35H43N3O4S/c1-6-16-36(22-26-12-9-8-10-13-26)32(40)29-28-21-25(5)35(43-28)30(29)33(41)38(18-11-19-39)31(35)34(42)37(17-7-2)27-20-23(3)14-15-24(27)4/h6-10,12-15,20,25,28-31,39H,1-2,11,16-19,21-22H2,3-5H3/t25?,28-,29+,30+,31?,35?/m1/s1. The SMILES string of the molecule is C=CCN(Cc1ccccc1)C(=O)[C@@H]1[C@H]2C(=O)N(CCCO)C(C(=O)N(CC=C)c3cc(C)ccc3C)C23S[C@@H]1CC3C. The predicted octanol–water partition coefficient (Wildman–Crippen LogP) is 4.76. The van der Waals surface area contributed by atoms with Gasteiger partial charge in [-0.15, -0.1) is 24.9 Å². The molecule has 5 rings (SSSR count). The third kappa shape index (κ3) is 5.33. The monoisotopic (exact) mass is 601 g/mol. The van der Waals surface area contributed by atoms with E-state index in [1.807, 2.05) is 62.4 Å². The van der Waals surface area contributed by atoms with E-state index in [9.17, 15) is 19.5 Å². The van der Waals surface area contributed by atoms with Crippen LogP contribution >= 0.6 is 11.8 Å². The Balaban J connectivity index is 1.56. The van der Waals surface area contributed by atoms with E-state index in [1.165, 1.54) is 0 Å². The number of carbonyl (C=O) groups excluding carboxylic acids is 3. The molecule has 3 unspecified atom stereocenters. The van der Waals surface area contributed by atoms with E-state index in [-0.39, 0.29) is 42.0 Å². The van der Waals surface area contributed by atoms with Crippen LogP contribution in [0.4, 0.5) is 5.69 Å². The van der Waals surface area contributed by atoms with Gasteiger partial charge in [-0.3, -0.25) is 14.4 Å². The Kier molecular flexibility index (Phi) is 9.18. The number of aliphatic hydroxyl groups is 1. The lowest BCUT2D eigenvalue weighted by molar-refractivity contribution is -0.144. The van der Waals surface area contributed by atoms with E-state index in [0.29, 0.717) is 26.1 Å². The summed E-state index contributed by atoms with van der Waals surface area (Å²) >= 11 is 1.68. The first kappa shape index (κ1) is 31.1. The van der Waals surface area contributed by atoms with Gasteiger partial charge in [0.1, 0.15) is 6.04 Å². The second kappa shape index (κ2) is 12.7. The minimum atomic E-state index is -0.749. The van der Waals surface area contributed by atoms with E-state index in [4.69, 9.17) is 0 Å². The topological polar surface area (TPSA) is 81.2 Å². The van der Waals surface area contributed by atoms with Gasteiger partial charge < -0.3 is 19.8 Å². The van der Waals surface area contributed by atoms with Crippen LogP contribution in [0, 0.1) is 31.6 Å². The molecular weight excluding hydrogens is 558 g/mol. The van der Waals surface area contributed by atoms with Gasteiger partial charge in [-0.1, -0.05) is 61.5 Å². The van der Waals surface area contributed by atoms with E-state index in [2.05, 4.69) is 20.1 Å². The molecule has 7 nitrogen and oxygen atoms in total. The molecule has 1 N–H and O–H groups in total. The number of aliphatic hydroxyl groups excluding tert-OH is 1. The molecular formula is C35H43N3O4S. The molecule has 3 aliphatic heterocycles. The van der Waals surface area contributed by atoms with Crippen LogP contribution in [-0.4, -0.2) is 74.9 Å². The van der Waals surface area contributed by atoms with Crippen molar-refractivity contribution >= 4 is 35.2 Å². The van der Waals surface area contributed by atoms with Crippen LogP contribution in [-0.2, 0) is 20.9 Å². The van der Waals surface area contributed by atoms with Crippen LogP contribution in [0.1, 0.15) is 36.5 Å². The highest BCUT2D eigenvalue weighted by atomic mass is 32.2. The second-order valence-corrected chi connectivity index (χ2v) is 13.7. The van der Waals surface area contributed by atoms with Crippen molar-refractivity contribution in [1.82, 2.24) is 9.80 Å². The molecule has 3 aliphatic rings. The summed E-state index contributed by atoms with van der Waals surface area (Å²) in [7, 11) is 0. The van der Waals surface area contributed by atoms with Gasteiger partial charge in [-0.05, 0) is 55.4 Å². The molecule has 0 aromatic heterocycles. The molecule has 6 atom stereocenters. The fourth-order valence-electron chi connectivity index (χ4n) is 7.56. The third-order valence-corrected chi connectivity index (χ3v) is 11.5. The number of rotatable bonds is 12. The number of fused-ring (bicyclic) bond motifs is 1. The Labute approximate surface area is 259 Å². The highest BCUT2D eigenvalue weighted by molar-refractivity contribution is 8.02. The molecule has 8 heteroatoms. The maximum atomic E-state index is 14.8. The molecule has 2 aromatic carbocycles. The number of carbonyl (C=O) groups is 3. The lowest BCUT2D eigenvalue weighted by atomic mass is 9.65. The van der Waals surface area contributed by atoms with Gasteiger partial charge in [0.05, 0.1) is 16.6 Å². The average Bonchev–Trinajstić information content (AvgIpc) is 3.59. The maximum absolute atomic E-state index is 14.8. The van der Waals surface area contributed by atoms with Crippen molar-refractivity contribution in [3.8, 4) is 0 Å². The fraction of sp³-hybridized carbons (Fsp3) is 0.457. The van der Waals surface area contributed by atoms with Crippen LogP contribution in [0.3, 0.4) is 0 Å². The average molecular weight is 602 g/mol. The number of benzene rings is 2. The van der Waals surface area contributed by atoms with Gasteiger partial charge in [0.15, 0.2) is 0 Å². The Bertz CT molecular complexity index is 1400. The molecule has 3 heterocycles. The molecule has 0 aliphatic carbocycles. The molecule has 2 bridgehead atoms. The second-order valence-electron chi connectivity index (χ2n) is 12.2. The molecule has 228 valence electrons. The first-order valence-corrected chi connectivity index (χ1v) is 16.1. The summed E-state index contributed by atoms with van der Waals surface area (Å²) < 4.78 is -0.738.